The minimum absolute atomic E-state index is 0.0661. The molecule has 0 aliphatic rings. The van der Waals surface area contributed by atoms with Crippen molar-refractivity contribution in [1.29, 1.82) is 0 Å². The fraction of sp³-hybridized carbons (Fsp3) is 0.0769. The molecule has 4 heteroatoms. The van der Waals surface area contributed by atoms with E-state index in [4.69, 9.17) is 0 Å². The Bertz CT molecular complexity index is 567. The minimum Gasteiger partial charge on any atom is -0.258 e. The van der Waals surface area contributed by atoms with Crippen molar-refractivity contribution in [3.63, 3.8) is 0 Å². The SMILES string of the molecule is Cc1c(F)ccc(-c2ccccc2)c1[N+](=O)[O-]. The lowest BCUT2D eigenvalue weighted by atomic mass is 10.0. The molecule has 0 saturated carbocycles. The number of benzene rings is 2. The molecule has 0 aliphatic carbocycles. The molecule has 0 spiro atoms. The van der Waals surface area contributed by atoms with Gasteiger partial charge in [-0.3, -0.25) is 10.1 Å². The average Bonchev–Trinajstić information content (AvgIpc) is 2.33. The molecule has 0 aromatic heterocycles. The molecule has 0 fully saturated rings. The monoisotopic (exact) mass is 231 g/mol. The fourth-order valence-electron chi connectivity index (χ4n) is 1.76. The van der Waals surface area contributed by atoms with Crippen molar-refractivity contribution in [2.45, 2.75) is 6.92 Å². The third kappa shape index (κ3) is 2.01. The van der Waals surface area contributed by atoms with Gasteiger partial charge in [-0.05, 0) is 24.6 Å². The summed E-state index contributed by atoms with van der Waals surface area (Å²) in [5.74, 6) is -0.559. The van der Waals surface area contributed by atoms with Crippen LogP contribution < -0.4 is 0 Å². The van der Waals surface area contributed by atoms with Gasteiger partial charge in [-0.2, -0.15) is 0 Å². The van der Waals surface area contributed by atoms with Crippen molar-refractivity contribution in [3.05, 3.63) is 64.0 Å². The highest BCUT2D eigenvalue weighted by molar-refractivity contribution is 5.75. The normalized spacial score (nSPS) is 10.2. The predicted molar refractivity (Wildman–Crippen MR) is 63.2 cm³/mol. The summed E-state index contributed by atoms with van der Waals surface area (Å²) in [6.45, 7) is 1.42. The molecule has 0 amide bonds. The Hall–Kier alpha value is -2.23. The van der Waals surface area contributed by atoms with Crippen molar-refractivity contribution in [2.75, 3.05) is 0 Å². The summed E-state index contributed by atoms with van der Waals surface area (Å²) in [6.07, 6.45) is 0. The molecule has 0 N–H and O–H groups in total. The van der Waals surface area contributed by atoms with E-state index in [2.05, 4.69) is 0 Å². The molecule has 2 rings (SSSR count). The number of rotatable bonds is 2. The summed E-state index contributed by atoms with van der Waals surface area (Å²) in [6, 6.07) is 11.6. The number of halogens is 1. The van der Waals surface area contributed by atoms with Crippen LogP contribution >= 0.6 is 0 Å². The number of hydrogen-bond donors (Lipinski definition) is 0. The van der Waals surface area contributed by atoms with Crippen LogP contribution in [0.4, 0.5) is 10.1 Å². The van der Waals surface area contributed by atoms with Gasteiger partial charge in [0.05, 0.1) is 16.1 Å². The Morgan fingerprint density at radius 2 is 1.76 bits per heavy atom. The van der Waals surface area contributed by atoms with E-state index < -0.39 is 10.7 Å². The summed E-state index contributed by atoms with van der Waals surface area (Å²) in [7, 11) is 0. The van der Waals surface area contributed by atoms with Gasteiger partial charge in [-0.15, -0.1) is 0 Å². The first kappa shape index (κ1) is 11.3. The van der Waals surface area contributed by atoms with Crippen molar-refractivity contribution >= 4 is 5.69 Å². The maximum Gasteiger partial charge on any atom is 0.282 e. The Labute approximate surface area is 97.7 Å². The third-order valence-electron chi connectivity index (χ3n) is 2.63. The van der Waals surface area contributed by atoms with Gasteiger partial charge < -0.3 is 0 Å². The van der Waals surface area contributed by atoms with Crippen LogP contribution in [0.15, 0.2) is 42.5 Å². The third-order valence-corrected chi connectivity index (χ3v) is 2.63. The largest absolute Gasteiger partial charge is 0.282 e. The van der Waals surface area contributed by atoms with E-state index in [1.54, 1.807) is 24.3 Å². The molecule has 2 aromatic rings. The summed E-state index contributed by atoms with van der Waals surface area (Å²) < 4.78 is 13.3. The summed E-state index contributed by atoms with van der Waals surface area (Å²) in [5, 5.41) is 11.0. The maximum absolute atomic E-state index is 13.3. The first-order chi connectivity index (χ1) is 8.11. The molecule has 0 bridgehead atoms. The van der Waals surface area contributed by atoms with Crippen molar-refractivity contribution in [3.8, 4) is 11.1 Å². The number of nitro benzene ring substituents is 1. The molecule has 17 heavy (non-hydrogen) atoms. The Kier molecular flexibility index (Phi) is 2.87. The molecule has 0 aliphatic heterocycles. The standard InChI is InChI=1S/C13H10FNO2/c1-9-12(14)8-7-11(13(9)15(16)17)10-5-3-2-4-6-10/h2-8H,1H3. The molecule has 2 aromatic carbocycles. The van der Waals surface area contributed by atoms with Crippen LogP contribution in [0.1, 0.15) is 5.56 Å². The second-order valence-electron chi connectivity index (χ2n) is 3.69. The molecular formula is C13H10FNO2. The van der Waals surface area contributed by atoms with Gasteiger partial charge in [0.15, 0.2) is 0 Å². The highest BCUT2D eigenvalue weighted by atomic mass is 19.1. The van der Waals surface area contributed by atoms with Crippen LogP contribution in [0.5, 0.6) is 0 Å². The Morgan fingerprint density at radius 3 is 2.35 bits per heavy atom. The lowest BCUT2D eigenvalue weighted by Gasteiger charge is -2.06. The topological polar surface area (TPSA) is 43.1 Å². The first-order valence-electron chi connectivity index (χ1n) is 5.10. The molecular weight excluding hydrogens is 221 g/mol. The molecule has 0 heterocycles. The Balaban J connectivity index is 2.71. The van der Waals surface area contributed by atoms with Crippen LogP contribution in [0.25, 0.3) is 11.1 Å². The van der Waals surface area contributed by atoms with E-state index in [-0.39, 0.29) is 11.3 Å². The molecule has 86 valence electrons. The quantitative estimate of drug-likeness (QED) is 0.584. The number of nitro groups is 1. The molecule has 0 radical (unpaired) electrons. The minimum atomic E-state index is -0.559. The first-order valence-corrected chi connectivity index (χ1v) is 5.10. The van der Waals surface area contributed by atoms with Gasteiger partial charge in [-0.25, -0.2) is 4.39 Å². The predicted octanol–water partition coefficient (Wildman–Crippen LogP) is 3.71. The second kappa shape index (κ2) is 4.33. The van der Waals surface area contributed by atoms with Gasteiger partial charge in [0.2, 0.25) is 0 Å². The number of nitrogens with zero attached hydrogens (tertiary/aromatic N) is 1. The van der Waals surface area contributed by atoms with E-state index in [9.17, 15) is 14.5 Å². The average molecular weight is 231 g/mol. The molecule has 0 saturated heterocycles. The highest BCUT2D eigenvalue weighted by Crippen LogP contribution is 2.33. The lowest BCUT2D eigenvalue weighted by Crippen LogP contribution is -1.97. The second-order valence-corrected chi connectivity index (χ2v) is 3.69. The van der Waals surface area contributed by atoms with E-state index in [0.717, 1.165) is 0 Å². The Morgan fingerprint density at radius 1 is 1.12 bits per heavy atom. The van der Waals surface area contributed by atoms with E-state index in [1.807, 2.05) is 6.07 Å². The van der Waals surface area contributed by atoms with Crippen LogP contribution in [0, 0.1) is 22.9 Å². The van der Waals surface area contributed by atoms with Gasteiger partial charge in [0, 0.05) is 0 Å². The van der Waals surface area contributed by atoms with Gasteiger partial charge >= 0.3 is 0 Å². The van der Waals surface area contributed by atoms with Crippen molar-refractivity contribution in [1.82, 2.24) is 0 Å². The van der Waals surface area contributed by atoms with Gasteiger partial charge in [0.25, 0.3) is 5.69 Å². The fourth-order valence-corrected chi connectivity index (χ4v) is 1.76. The van der Waals surface area contributed by atoms with E-state index in [1.165, 1.54) is 19.1 Å². The summed E-state index contributed by atoms with van der Waals surface area (Å²) in [5.41, 5.74) is 1.05. The van der Waals surface area contributed by atoms with Crippen LogP contribution in [0.3, 0.4) is 0 Å². The summed E-state index contributed by atoms with van der Waals surface area (Å²) in [4.78, 5) is 10.5. The van der Waals surface area contributed by atoms with Crippen LogP contribution in [0.2, 0.25) is 0 Å². The number of hydrogen-bond acceptors (Lipinski definition) is 2. The van der Waals surface area contributed by atoms with E-state index >= 15 is 0 Å². The van der Waals surface area contributed by atoms with E-state index in [0.29, 0.717) is 11.1 Å². The van der Waals surface area contributed by atoms with Crippen LogP contribution in [-0.2, 0) is 0 Å². The molecule has 0 atom stereocenters. The highest BCUT2D eigenvalue weighted by Gasteiger charge is 2.21. The zero-order valence-corrected chi connectivity index (χ0v) is 9.18. The van der Waals surface area contributed by atoms with Crippen molar-refractivity contribution < 1.29 is 9.31 Å². The zero-order valence-electron chi connectivity index (χ0n) is 9.18. The lowest BCUT2D eigenvalue weighted by molar-refractivity contribution is -0.384. The molecule has 3 nitrogen and oxygen atoms in total. The smallest absolute Gasteiger partial charge is 0.258 e. The van der Waals surface area contributed by atoms with Crippen LogP contribution in [-0.4, -0.2) is 4.92 Å². The maximum atomic E-state index is 13.3. The van der Waals surface area contributed by atoms with Crippen molar-refractivity contribution in [2.24, 2.45) is 0 Å². The van der Waals surface area contributed by atoms with Gasteiger partial charge in [0.1, 0.15) is 5.82 Å². The van der Waals surface area contributed by atoms with Gasteiger partial charge in [-0.1, -0.05) is 30.3 Å². The zero-order chi connectivity index (χ0) is 12.4. The summed E-state index contributed by atoms with van der Waals surface area (Å²) >= 11 is 0. The molecule has 0 unspecified atom stereocenters.